The average molecular weight is 230 g/mol. The molecule has 94 valence electrons. The first-order chi connectivity index (χ1) is 7.26. The van der Waals surface area contributed by atoms with E-state index in [4.69, 9.17) is 10.8 Å². The lowest BCUT2D eigenvalue weighted by molar-refractivity contribution is -0.138. The van der Waals surface area contributed by atoms with Gasteiger partial charge in [0.05, 0.1) is 6.42 Å². The minimum atomic E-state index is -0.928. The molecule has 0 aromatic carbocycles. The zero-order chi connectivity index (χ0) is 12.8. The van der Waals surface area contributed by atoms with Crippen LogP contribution in [0.4, 0.5) is 0 Å². The number of nitrogens with one attached hydrogen (secondary N) is 1. The monoisotopic (exact) mass is 230 g/mol. The van der Waals surface area contributed by atoms with Crippen LogP contribution < -0.4 is 11.1 Å². The van der Waals surface area contributed by atoms with Gasteiger partial charge in [-0.3, -0.25) is 9.59 Å². The molecule has 0 aliphatic heterocycles. The molecule has 1 atom stereocenters. The molecule has 0 aromatic rings. The van der Waals surface area contributed by atoms with Crippen molar-refractivity contribution in [2.24, 2.45) is 5.73 Å². The van der Waals surface area contributed by atoms with Gasteiger partial charge in [-0.05, 0) is 20.3 Å². The van der Waals surface area contributed by atoms with Crippen LogP contribution >= 0.6 is 0 Å². The van der Waals surface area contributed by atoms with E-state index in [2.05, 4.69) is 5.32 Å². The number of nitrogens with two attached hydrogens (primary N) is 1. The summed E-state index contributed by atoms with van der Waals surface area (Å²) in [5, 5.41) is 11.3. The van der Waals surface area contributed by atoms with Crippen molar-refractivity contribution in [1.82, 2.24) is 5.32 Å². The Morgan fingerprint density at radius 2 is 2.00 bits per heavy atom. The van der Waals surface area contributed by atoms with Crippen molar-refractivity contribution in [3.05, 3.63) is 0 Å². The van der Waals surface area contributed by atoms with Crippen LogP contribution in [-0.4, -0.2) is 28.6 Å². The fraction of sp³-hybridized carbons (Fsp3) is 0.818. The van der Waals surface area contributed by atoms with Gasteiger partial charge in [-0.1, -0.05) is 13.3 Å². The topological polar surface area (TPSA) is 92.4 Å². The van der Waals surface area contributed by atoms with E-state index in [0.717, 1.165) is 12.8 Å². The van der Waals surface area contributed by atoms with Gasteiger partial charge < -0.3 is 16.2 Å². The molecule has 0 radical (unpaired) electrons. The Balaban J connectivity index is 4.07. The van der Waals surface area contributed by atoms with E-state index >= 15 is 0 Å². The lowest BCUT2D eigenvalue weighted by Crippen LogP contribution is -2.46. The van der Waals surface area contributed by atoms with Crippen LogP contribution in [0.25, 0.3) is 0 Å². The van der Waals surface area contributed by atoms with Crippen LogP contribution in [0.15, 0.2) is 0 Å². The van der Waals surface area contributed by atoms with Gasteiger partial charge in [0.2, 0.25) is 5.91 Å². The van der Waals surface area contributed by atoms with Crippen LogP contribution in [-0.2, 0) is 9.59 Å². The maximum Gasteiger partial charge on any atom is 0.305 e. The summed E-state index contributed by atoms with van der Waals surface area (Å²) >= 11 is 0. The van der Waals surface area contributed by atoms with Gasteiger partial charge in [-0.15, -0.1) is 0 Å². The molecule has 0 spiro atoms. The molecule has 5 nitrogen and oxygen atoms in total. The lowest BCUT2D eigenvalue weighted by atomic mass is 10.00. The van der Waals surface area contributed by atoms with Crippen molar-refractivity contribution >= 4 is 11.9 Å². The Labute approximate surface area is 96.4 Å². The molecule has 0 heterocycles. The Hall–Kier alpha value is -1.10. The number of carbonyl (C=O) groups excluding carboxylic acids is 1. The SMILES string of the molecule is CCCC(N)CC(=O)NC(C)(C)CC(=O)O. The number of carboxylic acid groups (broad SMARTS) is 1. The molecule has 1 unspecified atom stereocenters. The highest BCUT2D eigenvalue weighted by Crippen LogP contribution is 2.09. The molecule has 16 heavy (non-hydrogen) atoms. The number of carbonyl (C=O) groups is 2. The minimum absolute atomic E-state index is 0.0955. The molecule has 0 aliphatic carbocycles. The molecule has 0 fully saturated rings. The Morgan fingerprint density at radius 3 is 2.44 bits per heavy atom. The fourth-order valence-corrected chi connectivity index (χ4v) is 1.56. The quantitative estimate of drug-likeness (QED) is 0.605. The molecule has 0 saturated heterocycles. The predicted molar refractivity (Wildman–Crippen MR) is 62.0 cm³/mol. The Kier molecular flexibility index (Phi) is 6.03. The summed E-state index contributed by atoms with van der Waals surface area (Å²) < 4.78 is 0. The van der Waals surface area contributed by atoms with Crippen molar-refractivity contribution in [3.63, 3.8) is 0 Å². The van der Waals surface area contributed by atoms with Crippen molar-refractivity contribution in [2.45, 2.75) is 58.0 Å². The summed E-state index contributed by atoms with van der Waals surface area (Å²) in [6.07, 6.45) is 1.89. The highest BCUT2D eigenvalue weighted by atomic mass is 16.4. The van der Waals surface area contributed by atoms with Crippen LogP contribution in [0.3, 0.4) is 0 Å². The van der Waals surface area contributed by atoms with Gasteiger partial charge in [-0.25, -0.2) is 0 Å². The maximum absolute atomic E-state index is 11.5. The molecule has 0 saturated carbocycles. The smallest absolute Gasteiger partial charge is 0.305 e. The third kappa shape index (κ3) is 7.23. The predicted octanol–water partition coefficient (Wildman–Crippen LogP) is 0.873. The van der Waals surface area contributed by atoms with E-state index in [9.17, 15) is 9.59 Å². The van der Waals surface area contributed by atoms with Crippen LogP contribution in [0.5, 0.6) is 0 Å². The van der Waals surface area contributed by atoms with Crippen LogP contribution in [0, 0.1) is 0 Å². The molecule has 4 N–H and O–H groups in total. The van der Waals surface area contributed by atoms with Gasteiger partial charge in [0, 0.05) is 18.0 Å². The van der Waals surface area contributed by atoms with E-state index in [1.54, 1.807) is 13.8 Å². The summed E-state index contributed by atoms with van der Waals surface area (Å²) in [5.41, 5.74) is 5.00. The molecule has 0 aliphatic rings. The molecule has 0 rings (SSSR count). The number of hydrogen-bond donors (Lipinski definition) is 3. The Morgan fingerprint density at radius 1 is 1.44 bits per heavy atom. The summed E-state index contributed by atoms with van der Waals surface area (Å²) in [6, 6.07) is -0.148. The third-order valence-corrected chi connectivity index (χ3v) is 2.18. The molecule has 1 amide bonds. The number of aliphatic carboxylic acids is 1. The van der Waals surface area contributed by atoms with Gasteiger partial charge >= 0.3 is 5.97 Å². The van der Waals surface area contributed by atoms with E-state index in [0.29, 0.717) is 0 Å². The highest BCUT2D eigenvalue weighted by molar-refractivity contribution is 5.78. The second kappa shape index (κ2) is 6.48. The van der Waals surface area contributed by atoms with Crippen LogP contribution in [0.1, 0.15) is 46.5 Å². The standard InChI is InChI=1S/C11H22N2O3/c1-4-5-8(12)6-9(14)13-11(2,3)7-10(15)16/h8H,4-7,12H2,1-3H3,(H,13,14)(H,15,16). The van der Waals surface area contributed by atoms with E-state index in [-0.39, 0.29) is 24.8 Å². The summed E-state index contributed by atoms with van der Waals surface area (Å²) in [5.74, 6) is -1.12. The second-order valence-electron chi connectivity index (χ2n) is 4.76. The first-order valence-corrected chi connectivity index (χ1v) is 5.55. The molecule has 0 bridgehead atoms. The average Bonchev–Trinajstić information content (AvgIpc) is 1.98. The van der Waals surface area contributed by atoms with Gasteiger partial charge in [0.1, 0.15) is 0 Å². The zero-order valence-electron chi connectivity index (χ0n) is 10.2. The van der Waals surface area contributed by atoms with Crippen LogP contribution in [0.2, 0.25) is 0 Å². The maximum atomic E-state index is 11.5. The number of rotatable bonds is 7. The minimum Gasteiger partial charge on any atom is -0.481 e. The van der Waals surface area contributed by atoms with Crippen molar-refractivity contribution in [2.75, 3.05) is 0 Å². The highest BCUT2D eigenvalue weighted by Gasteiger charge is 2.24. The third-order valence-electron chi connectivity index (χ3n) is 2.18. The van der Waals surface area contributed by atoms with E-state index < -0.39 is 11.5 Å². The van der Waals surface area contributed by atoms with Crippen molar-refractivity contribution in [3.8, 4) is 0 Å². The van der Waals surface area contributed by atoms with Crippen molar-refractivity contribution < 1.29 is 14.7 Å². The van der Waals surface area contributed by atoms with E-state index in [1.165, 1.54) is 0 Å². The first kappa shape index (κ1) is 14.9. The second-order valence-corrected chi connectivity index (χ2v) is 4.76. The van der Waals surface area contributed by atoms with Crippen molar-refractivity contribution in [1.29, 1.82) is 0 Å². The fourth-order valence-electron chi connectivity index (χ4n) is 1.56. The molecular formula is C11H22N2O3. The lowest BCUT2D eigenvalue weighted by Gasteiger charge is -2.25. The number of carboxylic acids is 1. The van der Waals surface area contributed by atoms with Gasteiger partial charge in [0.25, 0.3) is 0 Å². The number of hydrogen-bond acceptors (Lipinski definition) is 3. The number of amides is 1. The summed E-state index contributed by atoms with van der Waals surface area (Å²) in [4.78, 5) is 22.1. The van der Waals surface area contributed by atoms with E-state index in [1.807, 2.05) is 6.92 Å². The molecule has 0 aromatic heterocycles. The zero-order valence-corrected chi connectivity index (χ0v) is 10.2. The van der Waals surface area contributed by atoms with Gasteiger partial charge in [-0.2, -0.15) is 0 Å². The first-order valence-electron chi connectivity index (χ1n) is 5.55. The van der Waals surface area contributed by atoms with Gasteiger partial charge in [0.15, 0.2) is 0 Å². The summed E-state index contributed by atoms with van der Waals surface area (Å²) in [7, 11) is 0. The molecular weight excluding hydrogens is 208 g/mol. The largest absolute Gasteiger partial charge is 0.481 e. The summed E-state index contributed by atoms with van der Waals surface area (Å²) in [6.45, 7) is 5.38. The molecule has 5 heteroatoms. The normalized spacial score (nSPS) is 13.2. The Bertz CT molecular complexity index is 252.